The molecule has 0 saturated heterocycles. The van der Waals surface area contributed by atoms with Crippen LogP contribution >= 0.6 is 23.2 Å². The number of hydrogen-bond donors (Lipinski definition) is 0. The number of rotatable bonds is 3. The number of para-hydroxylation sites is 2. The first kappa shape index (κ1) is 16.4. The summed E-state index contributed by atoms with van der Waals surface area (Å²) in [6.45, 7) is 7.43. The minimum atomic E-state index is 0.177. The second-order valence-electron chi connectivity index (χ2n) is 7.09. The van der Waals surface area contributed by atoms with Crippen LogP contribution in [0.25, 0.3) is 11.0 Å². The van der Waals surface area contributed by atoms with E-state index in [1.165, 1.54) is 0 Å². The SMILES string of the molecule is CC(C)(C)Cc1nc2ccccc2n1Cc1ccc(Cl)c(Cl)c1. The van der Waals surface area contributed by atoms with Crippen LogP contribution in [0.3, 0.4) is 0 Å². The van der Waals surface area contributed by atoms with Gasteiger partial charge in [0.1, 0.15) is 5.82 Å². The molecule has 0 atom stereocenters. The van der Waals surface area contributed by atoms with E-state index in [0.717, 1.165) is 35.4 Å². The van der Waals surface area contributed by atoms with E-state index in [1.54, 1.807) is 0 Å². The molecule has 0 aliphatic rings. The van der Waals surface area contributed by atoms with Crippen molar-refractivity contribution >= 4 is 34.2 Å². The van der Waals surface area contributed by atoms with Gasteiger partial charge in [0.15, 0.2) is 0 Å². The molecule has 0 N–H and O–H groups in total. The molecule has 0 unspecified atom stereocenters. The summed E-state index contributed by atoms with van der Waals surface area (Å²) in [5, 5.41) is 1.17. The topological polar surface area (TPSA) is 17.8 Å². The Hall–Kier alpha value is -1.51. The fourth-order valence-corrected chi connectivity index (χ4v) is 3.05. The summed E-state index contributed by atoms with van der Waals surface area (Å²) in [6, 6.07) is 14.1. The minimum absolute atomic E-state index is 0.177. The zero-order valence-corrected chi connectivity index (χ0v) is 15.1. The first-order chi connectivity index (χ1) is 10.8. The maximum Gasteiger partial charge on any atom is 0.110 e. The van der Waals surface area contributed by atoms with Crippen LogP contribution in [0.2, 0.25) is 10.0 Å². The Balaban J connectivity index is 2.06. The molecule has 3 rings (SSSR count). The lowest BCUT2D eigenvalue weighted by Gasteiger charge is -2.19. The van der Waals surface area contributed by atoms with Crippen LogP contribution < -0.4 is 0 Å². The quantitative estimate of drug-likeness (QED) is 0.570. The van der Waals surface area contributed by atoms with Gasteiger partial charge >= 0.3 is 0 Å². The van der Waals surface area contributed by atoms with E-state index in [9.17, 15) is 0 Å². The molecule has 0 spiro atoms. The van der Waals surface area contributed by atoms with Gasteiger partial charge in [0.2, 0.25) is 0 Å². The zero-order chi connectivity index (χ0) is 16.6. The number of fused-ring (bicyclic) bond motifs is 1. The fourth-order valence-electron chi connectivity index (χ4n) is 2.73. The van der Waals surface area contributed by atoms with Gasteiger partial charge in [-0.25, -0.2) is 4.98 Å². The van der Waals surface area contributed by atoms with E-state index in [1.807, 2.05) is 24.3 Å². The molecule has 2 nitrogen and oxygen atoms in total. The molecule has 0 bridgehead atoms. The second kappa shape index (κ2) is 6.18. The molecule has 0 fully saturated rings. The summed E-state index contributed by atoms with van der Waals surface area (Å²) in [4.78, 5) is 4.84. The maximum atomic E-state index is 6.16. The summed E-state index contributed by atoms with van der Waals surface area (Å²) in [5.74, 6) is 1.10. The van der Waals surface area contributed by atoms with Crippen molar-refractivity contribution in [3.05, 3.63) is 63.9 Å². The standard InChI is InChI=1S/C19H20Cl2N2/c1-19(2,3)11-18-22-16-6-4-5-7-17(16)23(18)12-13-8-9-14(20)15(21)10-13/h4-10H,11-12H2,1-3H3. The first-order valence-electron chi connectivity index (χ1n) is 7.71. The largest absolute Gasteiger partial charge is 0.323 e. The van der Waals surface area contributed by atoms with Crippen molar-refractivity contribution in [2.75, 3.05) is 0 Å². The number of imidazole rings is 1. The molecule has 0 aliphatic carbocycles. The van der Waals surface area contributed by atoms with Gasteiger partial charge in [-0.3, -0.25) is 0 Å². The molecular formula is C19H20Cl2N2. The highest BCUT2D eigenvalue weighted by Crippen LogP contribution is 2.27. The Morgan fingerprint density at radius 3 is 2.43 bits per heavy atom. The van der Waals surface area contributed by atoms with Crippen LogP contribution in [-0.4, -0.2) is 9.55 Å². The molecule has 0 aliphatic heterocycles. The van der Waals surface area contributed by atoms with Crippen LogP contribution in [0.15, 0.2) is 42.5 Å². The molecular weight excluding hydrogens is 327 g/mol. The van der Waals surface area contributed by atoms with Gasteiger partial charge in [-0.05, 0) is 35.2 Å². The highest BCUT2D eigenvalue weighted by Gasteiger charge is 2.18. The van der Waals surface area contributed by atoms with Gasteiger partial charge in [-0.1, -0.05) is 62.2 Å². The highest BCUT2D eigenvalue weighted by atomic mass is 35.5. The zero-order valence-electron chi connectivity index (χ0n) is 13.6. The lowest BCUT2D eigenvalue weighted by atomic mass is 9.92. The third-order valence-corrected chi connectivity index (χ3v) is 4.49. The Bertz CT molecular complexity index is 844. The van der Waals surface area contributed by atoms with Crippen molar-refractivity contribution < 1.29 is 0 Å². The lowest BCUT2D eigenvalue weighted by Crippen LogP contribution is -2.15. The summed E-state index contributed by atoms with van der Waals surface area (Å²) in [6.07, 6.45) is 0.920. The average Bonchev–Trinajstić information content (AvgIpc) is 2.79. The maximum absolute atomic E-state index is 6.16. The fraction of sp³-hybridized carbons (Fsp3) is 0.316. The van der Waals surface area contributed by atoms with Crippen molar-refractivity contribution in [2.45, 2.75) is 33.7 Å². The van der Waals surface area contributed by atoms with Crippen molar-refractivity contribution in [1.82, 2.24) is 9.55 Å². The van der Waals surface area contributed by atoms with Gasteiger partial charge in [0.05, 0.1) is 21.1 Å². The van der Waals surface area contributed by atoms with Gasteiger partial charge in [0, 0.05) is 13.0 Å². The smallest absolute Gasteiger partial charge is 0.110 e. The van der Waals surface area contributed by atoms with Crippen LogP contribution in [0.4, 0.5) is 0 Å². The summed E-state index contributed by atoms with van der Waals surface area (Å²) in [5.41, 5.74) is 3.49. The first-order valence-corrected chi connectivity index (χ1v) is 8.47. The predicted octanol–water partition coefficient (Wildman–Crippen LogP) is 5.98. The monoisotopic (exact) mass is 346 g/mol. The van der Waals surface area contributed by atoms with Gasteiger partial charge in [0.25, 0.3) is 0 Å². The van der Waals surface area contributed by atoms with E-state index in [4.69, 9.17) is 28.2 Å². The van der Waals surface area contributed by atoms with E-state index in [-0.39, 0.29) is 5.41 Å². The third-order valence-electron chi connectivity index (χ3n) is 3.75. The molecule has 1 heterocycles. The van der Waals surface area contributed by atoms with E-state index in [0.29, 0.717) is 10.0 Å². The van der Waals surface area contributed by atoms with Crippen LogP contribution in [0.5, 0.6) is 0 Å². The average molecular weight is 347 g/mol. The molecule has 23 heavy (non-hydrogen) atoms. The van der Waals surface area contributed by atoms with Crippen LogP contribution in [-0.2, 0) is 13.0 Å². The number of benzene rings is 2. The molecule has 4 heteroatoms. The Morgan fingerprint density at radius 1 is 1.00 bits per heavy atom. The lowest BCUT2D eigenvalue weighted by molar-refractivity contribution is 0.394. The van der Waals surface area contributed by atoms with Crippen molar-refractivity contribution in [1.29, 1.82) is 0 Å². The number of nitrogens with zero attached hydrogens (tertiary/aromatic N) is 2. The molecule has 120 valence electrons. The predicted molar refractivity (Wildman–Crippen MR) is 98.5 cm³/mol. The highest BCUT2D eigenvalue weighted by molar-refractivity contribution is 6.42. The van der Waals surface area contributed by atoms with Crippen molar-refractivity contribution in [3.63, 3.8) is 0 Å². The van der Waals surface area contributed by atoms with E-state index < -0.39 is 0 Å². The molecule has 0 saturated carbocycles. The van der Waals surface area contributed by atoms with Crippen molar-refractivity contribution in [3.8, 4) is 0 Å². The van der Waals surface area contributed by atoms with Gasteiger partial charge in [-0.15, -0.1) is 0 Å². The van der Waals surface area contributed by atoms with Crippen molar-refractivity contribution in [2.24, 2.45) is 5.41 Å². The molecule has 0 amide bonds. The molecule has 2 aromatic carbocycles. The Kier molecular flexibility index (Phi) is 4.39. The summed E-state index contributed by atoms with van der Waals surface area (Å²) < 4.78 is 2.28. The Labute approximate surface area is 147 Å². The van der Waals surface area contributed by atoms with Crippen LogP contribution in [0.1, 0.15) is 32.2 Å². The van der Waals surface area contributed by atoms with Gasteiger partial charge in [-0.2, -0.15) is 0 Å². The Morgan fingerprint density at radius 2 is 1.74 bits per heavy atom. The normalized spacial score (nSPS) is 12.0. The number of halogens is 2. The van der Waals surface area contributed by atoms with Crippen LogP contribution in [0, 0.1) is 5.41 Å². The molecule has 3 aromatic rings. The minimum Gasteiger partial charge on any atom is -0.323 e. The molecule has 1 aromatic heterocycles. The third kappa shape index (κ3) is 3.70. The van der Waals surface area contributed by atoms with E-state index in [2.05, 4.69) is 43.5 Å². The van der Waals surface area contributed by atoms with E-state index >= 15 is 0 Å². The summed E-state index contributed by atoms with van der Waals surface area (Å²) >= 11 is 12.2. The second-order valence-corrected chi connectivity index (χ2v) is 7.90. The van der Waals surface area contributed by atoms with Gasteiger partial charge < -0.3 is 4.57 Å². The summed E-state index contributed by atoms with van der Waals surface area (Å²) in [7, 11) is 0. The molecule has 0 radical (unpaired) electrons. The number of hydrogen-bond acceptors (Lipinski definition) is 1. The number of aromatic nitrogens is 2.